The van der Waals surface area contributed by atoms with Gasteiger partial charge in [0.15, 0.2) is 5.78 Å². The maximum atomic E-state index is 13.4. The molecule has 6 rings (SSSR count). The predicted molar refractivity (Wildman–Crippen MR) is 190 cm³/mol. The minimum absolute atomic E-state index is 0.0413. The Morgan fingerprint density at radius 3 is 2.33 bits per heavy atom. The second-order valence-corrected chi connectivity index (χ2v) is 13.9. The van der Waals surface area contributed by atoms with E-state index in [1.165, 1.54) is 5.56 Å². The zero-order valence-electron chi connectivity index (χ0n) is 28.4. The van der Waals surface area contributed by atoms with Crippen molar-refractivity contribution < 1.29 is 14.1 Å². The summed E-state index contributed by atoms with van der Waals surface area (Å²) in [5.41, 5.74) is 6.74. The third kappa shape index (κ3) is 7.74. The molecule has 1 fully saturated rings. The maximum Gasteiger partial charge on any atom is 0.324 e. The number of carbonyl (C=O) groups excluding carboxylic acids is 2. The molecule has 5 aromatic rings. The van der Waals surface area contributed by atoms with Crippen LogP contribution in [-0.2, 0) is 11.8 Å². The highest BCUT2D eigenvalue weighted by Crippen LogP contribution is 2.29. The summed E-state index contributed by atoms with van der Waals surface area (Å²) in [6, 6.07) is 27.5. The van der Waals surface area contributed by atoms with Crippen molar-refractivity contribution in [1.82, 2.24) is 19.8 Å². The summed E-state index contributed by atoms with van der Waals surface area (Å²) in [7, 11) is 0. The Labute approximate surface area is 282 Å². The highest BCUT2D eigenvalue weighted by Gasteiger charge is 2.26. The molecule has 0 atom stereocenters. The predicted octanol–water partition coefficient (Wildman–Crippen LogP) is 8.22. The lowest BCUT2D eigenvalue weighted by Crippen LogP contribution is -2.38. The van der Waals surface area contributed by atoms with E-state index >= 15 is 0 Å². The highest BCUT2D eigenvalue weighted by atomic mass is 16.5. The number of hydrogen-bond acceptors (Lipinski definition) is 6. The van der Waals surface area contributed by atoms with Crippen molar-refractivity contribution >= 4 is 23.3 Å². The second-order valence-electron chi connectivity index (χ2n) is 13.9. The standard InChI is InChI=1S/C39H44N6O3/c1-26-14-16-32(17-15-26)45-35(24-34(42-45)39(3,4)5)41-38(47)40-31-13-9-10-29(23-31)22-28-18-20-44(21-19-28)25-33(46)36-27(2)48-43-37(36)30-11-7-6-8-12-30/h6-17,23-24,28H,18-22,25H2,1-5H3,(H2,40,41,47). The number of likely N-dealkylation sites (tertiary alicyclic amines) is 1. The second kappa shape index (κ2) is 14.0. The minimum Gasteiger partial charge on any atom is -0.360 e. The van der Waals surface area contributed by atoms with E-state index in [2.05, 4.69) is 47.5 Å². The van der Waals surface area contributed by atoms with Gasteiger partial charge >= 0.3 is 6.03 Å². The fourth-order valence-corrected chi connectivity index (χ4v) is 6.23. The van der Waals surface area contributed by atoms with Crippen LogP contribution in [0.2, 0.25) is 0 Å². The monoisotopic (exact) mass is 644 g/mol. The van der Waals surface area contributed by atoms with E-state index in [9.17, 15) is 9.59 Å². The van der Waals surface area contributed by atoms with E-state index in [1.807, 2.05) is 85.8 Å². The topological polar surface area (TPSA) is 105 Å². The third-order valence-corrected chi connectivity index (χ3v) is 8.97. The normalized spacial score (nSPS) is 14.2. The molecule has 2 amide bonds. The Bertz CT molecular complexity index is 1880. The molecule has 2 aromatic heterocycles. The van der Waals surface area contributed by atoms with Crippen LogP contribution < -0.4 is 10.6 Å². The average Bonchev–Trinajstić information content (AvgIpc) is 3.67. The summed E-state index contributed by atoms with van der Waals surface area (Å²) >= 11 is 0. The van der Waals surface area contributed by atoms with E-state index in [1.54, 1.807) is 11.6 Å². The van der Waals surface area contributed by atoms with Crippen LogP contribution in [0.25, 0.3) is 16.9 Å². The van der Waals surface area contributed by atoms with E-state index in [0.29, 0.717) is 35.3 Å². The molecule has 48 heavy (non-hydrogen) atoms. The number of ketones is 1. The quantitative estimate of drug-likeness (QED) is 0.157. The van der Waals surface area contributed by atoms with Crippen molar-refractivity contribution in [3.05, 3.63) is 113 Å². The van der Waals surface area contributed by atoms with Gasteiger partial charge in [0.1, 0.15) is 17.3 Å². The molecule has 0 unspecified atom stereocenters. The molecular formula is C39H44N6O3. The lowest BCUT2D eigenvalue weighted by atomic mass is 9.90. The Morgan fingerprint density at radius 1 is 0.896 bits per heavy atom. The minimum atomic E-state index is -0.322. The molecule has 9 heteroatoms. The van der Waals surface area contributed by atoms with Crippen molar-refractivity contribution in [3.8, 4) is 16.9 Å². The number of amides is 2. The van der Waals surface area contributed by atoms with Crippen LogP contribution >= 0.6 is 0 Å². The molecule has 9 nitrogen and oxygen atoms in total. The van der Waals surface area contributed by atoms with E-state index < -0.39 is 0 Å². The van der Waals surface area contributed by atoms with Crippen LogP contribution in [0.3, 0.4) is 0 Å². The number of carbonyl (C=O) groups is 2. The van der Waals surface area contributed by atoms with Gasteiger partial charge in [0.2, 0.25) is 0 Å². The average molecular weight is 645 g/mol. The van der Waals surface area contributed by atoms with Crippen molar-refractivity contribution in [2.75, 3.05) is 30.3 Å². The van der Waals surface area contributed by atoms with Crippen molar-refractivity contribution in [2.24, 2.45) is 5.92 Å². The number of urea groups is 1. The van der Waals surface area contributed by atoms with Gasteiger partial charge in [-0.1, -0.05) is 86.1 Å². The highest BCUT2D eigenvalue weighted by molar-refractivity contribution is 6.03. The molecule has 248 valence electrons. The SMILES string of the molecule is Cc1ccc(-n2nc(C(C)(C)C)cc2NC(=O)Nc2cccc(CC3CCN(CC(=O)c4c(-c5ccccc5)noc4C)CC3)c2)cc1. The zero-order valence-corrected chi connectivity index (χ0v) is 28.4. The maximum absolute atomic E-state index is 13.4. The lowest BCUT2D eigenvalue weighted by molar-refractivity contribution is 0.0894. The summed E-state index contributed by atoms with van der Waals surface area (Å²) in [4.78, 5) is 28.8. The summed E-state index contributed by atoms with van der Waals surface area (Å²) in [5, 5.41) is 15.0. The fourth-order valence-electron chi connectivity index (χ4n) is 6.23. The Morgan fingerprint density at radius 2 is 1.62 bits per heavy atom. The smallest absolute Gasteiger partial charge is 0.324 e. The van der Waals surface area contributed by atoms with Gasteiger partial charge in [-0.05, 0) is 81.9 Å². The number of nitrogens with one attached hydrogen (secondary N) is 2. The number of rotatable bonds is 9. The number of nitrogens with zero attached hydrogens (tertiary/aromatic N) is 4. The third-order valence-electron chi connectivity index (χ3n) is 8.97. The number of aryl methyl sites for hydroxylation is 2. The van der Waals surface area contributed by atoms with E-state index in [0.717, 1.165) is 60.5 Å². The molecule has 0 bridgehead atoms. The van der Waals surface area contributed by atoms with Crippen LogP contribution in [0, 0.1) is 19.8 Å². The number of hydrogen-bond donors (Lipinski definition) is 2. The summed E-state index contributed by atoms with van der Waals surface area (Å²) in [5.74, 6) is 1.71. The molecule has 1 aliphatic rings. The number of piperidine rings is 1. The van der Waals surface area contributed by atoms with Gasteiger partial charge in [0.05, 0.1) is 23.5 Å². The molecule has 1 aliphatic heterocycles. The van der Waals surface area contributed by atoms with E-state index in [4.69, 9.17) is 9.62 Å². The van der Waals surface area contributed by atoms with Crippen molar-refractivity contribution in [2.45, 2.75) is 59.3 Å². The summed E-state index contributed by atoms with van der Waals surface area (Å²) in [6.07, 6.45) is 2.91. The van der Waals surface area contributed by atoms with Gasteiger partial charge in [0.25, 0.3) is 0 Å². The van der Waals surface area contributed by atoms with Gasteiger partial charge in [-0.2, -0.15) is 5.10 Å². The molecule has 3 heterocycles. The summed E-state index contributed by atoms with van der Waals surface area (Å²) < 4.78 is 7.21. The van der Waals surface area contributed by atoms with Crippen LogP contribution in [-0.4, -0.2) is 51.3 Å². The van der Waals surface area contributed by atoms with E-state index in [-0.39, 0.29) is 17.2 Å². The molecule has 0 spiro atoms. The number of anilines is 2. The number of aromatic nitrogens is 3. The number of benzene rings is 3. The molecule has 0 radical (unpaired) electrons. The van der Waals surface area contributed by atoms with Crippen LogP contribution in [0.15, 0.2) is 89.5 Å². The zero-order chi connectivity index (χ0) is 33.8. The van der Waals surface area contributed by atoms with Gasteiger partial charge in [-0.3, -0.25) is 15.0 Å². The fraction of sp³-hybridized carbons (Fsp3) is 0.333. The first-order valence-corrected chi connectivity index (χ1v) is 16.7. The molecule has 3 aromatic carbocycles. The van der Waals surface area contributed by atoms with Gasteiger partial charge in [0, 0.05) is 22.7 Å². The Hall–Kier alpha value is -5.02. The first kappa shape index (κ1) is 32.9. The molecule has 0 aliphatic carbocycles. The van der Waals surface area contributed by atoms with Crippen LogP contribution in [0.5, 0.6) is 0 Å². The number of Topliss-reactive ketones (excluding diaryl/α,β-unsaturated/α-hetero) is 1. The van der Waals surface area contributed by atoms with Gasteiger partial charge in [-0.15, -0.1) is 0 Å². The van der Waals surface area contributed by atoms with Crippen molar-refractivity contribution in [1.29, 1.82) is 0 Å². The largest absolute Gasteiger partial charge is 0.360 e. The first-order chi connectivity index (χ1) is 23.0. The Kier molecular flexibility index (Phi) is 9.59. The molecule has 0 saturated carbocycles. The van der Waals surface area contributed by atoms with Crippen LogP contribution in [0.4, 0.5) is 16.3 Å². The lowest BCUT2D eigenvalue weighted by Gasteiger charge is -2.31. The Balaban J connectivity index is 1.04. The summed E-state index contributed by atoms with van der Waals surface area (Å²) in [6.45, 7) is 12.2. The molecular weight excluding hydrogens is 600 g/mol. The van der Waals surface area contributed by atoms with Crippen molar-refractivity contribution in [3.63, 3.8) is 0 Å². The molecule has 2 N–H and O–H groups in total. The first-order valence-electron chi connectivity index (χ1n) is 16.7. The van der Waals surface area contributed by atoms with Crippen LogP contribution in [0.1, 0.15) is 66.6 Å². The molecule has 1 saturated heterocycles. The van der Waals surface area contributed by atoms with Gasteiger partial charge in [-0.25, -0.2) is 9.48 Å². The van der Waals surface area contributed by atoms with Gasteiger partial charge < -0.3 is 9.84 Å².